The maximum absolute atomic E-state index is 13.6. The summed E-state index contributed by atoms with van der Waals surface area (Å²) < 4.78 is 16.4. The number of nitrogens with one attached hydrogen (secondary N) is 1. The fourth-order valence-corrected chi connectivity index (χ4v) is 6.56. The first-order valence-electron chi connectivity index (χ1n) is 16.1. The number of para-hydroxylation sites is 1. The van der Waals surface area contributed by atoms with E-state index in [-0.39, 0.29) is 24.2 Å². The lowest BCUT2D eigenvalue weighted by Crippen LogP contribution is -2.41. The Bertz CT molecular complexity index is 2050. The monoisotopic (exact) mass is 650 g/mol. The molecule has 3 aromatic heterocycles. The summed E-state index contributed by atoms with van der Waals surface area (Å²) in [6, 6.07) is 18.7. The standard InChI is InChI=1S/C35H38N8O5/c1-35(2,3)48-34(46)40-15-13-23(14-16-40)27-19-26(30-31(36)37-21-38-42(27)30)22-9-11-24(12-10-22)39-32(44)29-28-20-47-18-17-41(28)43(33(29)45)25-7-5-4-6-8-25/h4-12,19,21,23H,13-18,20H2,1-3H3,(H,39,44)(H2,36,37,38). The van der Waals surface area contributed by atoms with Gasteiger partial charge in [-0.3, -0.25) is 14.3 Å². The highest BCUT2D eigenvalue weighted by molar-refractivity contribution is 6.05. The highest BCUT2D eigenvalue weighted by Crippen LogP contribution is 2.37. The number of piperidine rings is 1. The van der Waals surface area contributed by atoms with Gasteiger partial charge in [-0.15, -0.1) is 0 Å². The number of benzene rings is 2. The topological polar surface area (TPSA) is 151 Å². The average Bonchev–Trinajstić information content (AvgIpc) is 3.61. The third kappa shape index (κ3) is 5.81. The zero-order valence-corrected chi connectivity index (χ0v) is 27.2. The highest BCUT2D eigenvalue weighted by atomic mass is 16.6. The Kier molecular flexibility index (Phi) is 7.99. The van der Waals surface area contributed by atoms with Crippen LogP contribution in [0.25, 0.3) is 22.3 Å². The lowest BCUT2D eigenvalue weighted by atomic mass is 9.93. The first-order valence-corrected chi connectivity index (χ1v) is 16.1. The molecular formula is C35H38N8O5. The smallest absolute Gasteiger partial charge is 0.410 e. The summed E-state index contributed by atoms with van der Waals surface area (Å²) in [7, 11) is 0. The third-order valence-corrected chi connectivity index (χ3v) is 8.79. The van der Waals surface area contributed by atoms with Crippen LogP contribution in [0.1, 0.15) is 61.3 Å². The van der Waals surface area contributed by atoms with E-state index in [1.165, 1.54) is 6.33 Å². The van der Waals surface area contributed by atoms with Crippen LogP contribution in [-0.4, -0.2) is 66.2 Å². The van der Waals surface area contributed by atoms with Crippen LogP contribution in [0.4, 0.5) is 16.3 Å². The Morgan fingerprint density at radius 1 is 1.02 bits per heavy atom. The van der Waals surface area contributed by atoms with Crippen molar-refractivity contribution in [2.75, 3.05) is 30.7 Å². The number of nitrogen functional groups attached to an aromatic ring is 1. The molecule has 7 rings (SSSR count). The summed E-state index contributed by atoms with van der Waals surface area (Å²) in [4.78, 5) is 45.8. The van der Waals surface area contributed by atoms with Crippen LogP contribution in [0.15, 0.2) is 71.8 Å². The Labute approximate surface area is 276 Å². The van der Waals surface area contributed by atoms with Crippen molar-refractivity contribution in [3.8, 4) is 16.8 Å². The molecule has 5 heterocycles. The molecule has 2 aromatic carbocycles. The minimum atomic E-state index is -0.547. The van der Waals surface area contributed by atoms with Gasteiger partial charge in [0, 0.05) is 36.0 Å². The number of carbonyl (C=O) groups is 2. The molecule has 0 spiro atoms. The Morgan fingerprint density at radius 3 is 2.46 bits per heavy atom. The van der Waals surface area contributed by atoms with Gasteiger partial charge in [-0.2, -0.15) is 5.10 Å². The van der Waals surface area contributed by atoms with Crippen LogP contribution in [-0.2, 0) is 22.6 Å². The summed E-state index contributed by atoms with van der Waals surface area (Å²) in [5, 5.41) is 7.45. The van der Waals surface area contributed by atoms with Crippen molar-refractivity contribution in [2.45, 2.75) is 58.3 Å². The van der Waals surface area contributed by atoms with Gasteiger partial charge in [0.05, 0.1) is 31.1 Å². The second kappa shape index (κ2) is 12.3. The number of rotatable bonds is 5. The average molecular weight is 651 g/mol. The van der Waals surface area contributed by atoms with Crippen LogP contribution >= 0.6 is 0 Å². The largest absolute Gasteiger partial charge is 0.444 e. The van der Waals surface area contributed by atoms with E-state index in [1.807, 2.05) is 72.4 Å². The zero-order chi connectivity index (χ0) is 33.6. The van der Waals surface area contributed by atoms with Gasteiger partial charge in [-0.25, -0.2) is 19.0 Å². The van der Waals surface area contributed by atoms with E-state index in [4.69, 9.17) is 15.2 Å². The van der Waals surface area contributed by atoms with Gasteiger partial charge in [0.25, 0.3) is 11.5 Å². The molecule has 0 aliphatic carbocycles. The lowest BCUT2D eigenvalue weighted by molar-refractivity contribution is 0.0203. The molecular weight excluding hydrogens is 612 g/mol. The third-order valence-electron chi connectivity index (χ3n) is 8.79. The molecule has 1 fully saturated rings. The van der Waals surface area contributed by atoms with Crippen LogP contribution < -0.4 is 16.6 Å². The molecule has 48 heavy (non-hydrogen) atoms. The summed E-state index contributed by atoms with van der Waals surface area (Å²) in [5.74, 6) is 0.00363. The number of amides is 2. The maximum atomic E-state index is 13.6. The van der Waals surface area contributed by atoms with Crippen molar-refractivity contribution in [1.29, 1.82) is 0 Å². The number of fused-ring (bicyclic) bond motifs is 2. The quantitative estimate of drug-likeness (QED) is 0.275. The number of nitrogens with two attached hydrogens (primary N) is 1. The lowest BCUT2D eigenvalue weighted by Gasteiger charge is -2.33. The van der Waals surface area contributed by atoms with Gasteiger partial charge in [0.15, 0.2) is 5.82 Å². The van der Waals surface area contributed by atoms with Crippen molar-refractivity contribution in [3.05, 3.63) is 94.3 Å². The van der Waals surface area contributed by atoms with Gasteiger partial charge in [-0.1, -0.05) is 30.3 Å². The molecule has 5 aromatic rings. The van der Waals surface area contributed by atoms with E-state index in [0.29, 0.717) is 54.6 Å². The minimum absolute atomic E-state index is 0.0633. The second-order valence-electron chi connectivity index (χ2n) is 13.1. The van der Waals surface area contributed by atoms with Crippen LogP contribution in [0.3, 0.4) is 0 Å². The molecule has 3 N–H and O–H groups in total. The van der Waals surface area contributed by atoms with Crippen LogP contribution in [0, 0.1) is 0 Å². The summed E-state index contributed by atoms with van der Waals surface area (Å²) in [6.45, 7) is 7.83. The SMILES string of the molecule is CC(C)(C)OC(=O)N1CCC(c2cc(-c3ccc(NC(=O)c4c5n(n(-c6ccccc6)c4=O)CCOC5)cc3)c3c(N)ncnn23)CC1. The number of carbonyl (C=O) groups excluding carboxylic acids is 2. The van der Waals surface area contributed by atoms with E-state index in [1.54, 1.807) is 21.7 Å². The number of ether oxygens (including phenoxy) is 2. The summed E-state index contributed by atoms with van der Waals surface area (Å²) in [5.41, 5.74) is 10.7. The van der Waals surface area contributed by atoms with E-state index in [0.717, 1.165) is 29.7 Å². The van der Waals surface area contributed by atoms with Crippen molar-refractivity contribution in [2.24, 2.45) is 0 Å². The molecule has 13 nitrogen and oxygen atoms in total. The molecule has 2 amide bonds. The van der Waals surface area contributed by atoms with Gasteiger partial charge in [0.2, 0.25) is 0 Å². The number of aromatic nitrogens is 5. The molecule has 13 heteroatoms. The molecule has 2 aliphatic rings. The van der Waals surface area contributed by atoms with Crippen molar-refractivity contribution in [3.63, 3.8) is 0 Å². The maximum Gasteiger partial charge on any atom is 0.410 e. The van der Waals surface area contributed by atoms with E-state index in [2.05, 4.69) is 21.5 Å². The van der Waals surface area contributed by atoms with E-state index < -0.39 is 17.1 Å². The fraction of sp³-hybridized carbons (Fsp3) is 0.343. The predicted octanol–water partition coefficient (Wildman–Crippen LogP) is 4.83. The van der Waals surface area contributed by atoms with E-state index >= 15 is 0 Å². The number of anilines is 2. The number of hydrogen-bond acceptors (Lipinski definition) is 8. The molecule has 0 unspecified atom stereocenters. The Hall–Kier alpha value is -5.43. The number of nitrogens with zero attached hydrogens (tertiary/aromatic N) is 6. The van der Waals surface area contributed by atoms with Crippen molar-refractivity contribution >= 4 is 29.0 Å². The second-order valence-corrected chi connectivity index (χ2v) is 13.1. The van der Waals surface area contributed by atoms with E-state index in [9.17, 15) is 14.4 Å². The summed E-state index contributed by atoms with van der Waals surface area (Å²) in [6.07, 6.45) is 2.65. The van der Waals surface area contributed by atoms with Gasteiger partial charge in [-0.05, 0) is 69.5 Å². The highest BCUT2D eigenvalue weighted by Gasteiger charge is 2.31. The zero-order valence-electron chi connectivity index (χ0n) is 27.2. The van der Waals surface area contributed by atoms with Crippen LogP contribution in [0.5, 0.6) is 0 Å². The van der Waals surface area contributed by atoms with Gasteiger partial charge >= 0.3 is 6.09 Å². The number of likely N-dealkylation sites (tertiary alicyclic amines) is 1. The first-order chi connectivity index (χ1) is 23.1. The fourth-order valence-electron chi connectivity index (χ4n) is 6.56. The molecule has 0 atom stereocenters. The summed E-state index contributed by atoms with van der Waals surface area (Å²) >= 11 is 0. The van der Waals surface area contributed by atoms with Crippen molar-refractivity contribution in [1.82, 2.24) is 28.9 Å². The van der Waals surface area contributed by atoms with Gasteiger partial charge in [0.1, 0.15) is 23.0 Å². The minimum Gasteiger partial charge on any atom is -0.444 e. The molecule has 0 bridgehead atoms. The van der Waals surface area contributed by atoms with Crippen molar-refractivity contribution < 1.29 is 19.1 Å². The molecule has 0 saturated carbocycles. The first kappa shape index (κ1) is 31.2. The van der Waals surface area contributed by atoms with Gasteiger partial charge < -0.3 is 25.4 Å². The predicted molar refractivity (Wildman–Crippen MR) is 180 cm³/mol. The Morgan fingerprint density at radius 2 is 1.75 bits per heavy atom. The molecule has 0 radical (unpaired) electrons. The molecule has 1 saturated heterocycles. The molecule has 2 aliphatic heterocycles. The molecule has 248 valence electrons. The normalized spacial score (nSPS) is 15.4. The number of hydrogen-bond donors (Lipinski definition) is 2. The van der Waals surface area contributed by atoms with Crippen LogP contribution in [0.2, 0.25) is 0 Å². The Balaban J connectivity index is 1.13.